The number of nitrogens with zero attached hydrogens (tertiary/aromatic N) is 1. The zero-order valence-corrected chi connectivity index (χ0v) is 11.8. The molecule has 0 saturated carbocycles. The number of para-hydroxylation sites is 1. The molecule has 0 atom stereocenters. The first kappa shape index (κ1) is 10.5. The predicted molar refractivity (Wildman–Crippen MR) is 84.3 cm³/mol. The van der Waals surface area contributed by atoms with Gasteiger partial charge in [0.2, 0.25) is 0 Å². The molecule has 1 aliphatic heterocycles. The highest BCUT2D eigenvalue weighted by Crippen LogP contribution is 2.37. The van der Waals surface area contributed by atoms with Gasteiger partial charge in [-0.25, -0.2) is 0 Å². The van der Waals surface area contributed by atoms with Crippen molar-refractivity contribution < 1.29 is 2.74 Å². The average molecular weight is 274 g/mol. The molecule has 1 fully saturated rings. The van der Waals surface area contributed by atoms with Gasteiger partial charge in [-0.15, -0.1) is 11.3 Å². The number of hydrogen-bond acceptors (Lipinski definition) is 3. The lowest BCUT2D eigenvalue weighted by molar-refractivity contribution is 0.589. The molecule has 1 saturated heterocycles. The minimum Gasteiger partial charge on any atom is -0.368 e. The van der Waals surface area contributed by atoms with Crippen molar-refractivity contribution in [3.63, 3.8) is 0 Å². The van der Waals surface area contributed by atoms with Crippen LogP contribution in [-0.4, -0.2) is 26.2 Å². The van der Waals surface area contributed by atoms with E-state index in [9.17, 15) is 0 Å². The predicted octanol–water partition coefficient (Wildman–Crippen LogP) is 3.44. The number of benzene rings is 1. The number of aryl methyl sites for hydroxylation is 2. The summed E-state index contributed by atoms with van der Waals surface area (Å²) in [6.07, 6.45) is 0. The number of hydrogen-bond donors (Lipinski definition) is 1. The van der Waals surface area contributed by atoms with E-state index < -0.39 is 0 Å². The fourth-order valence-corrected chi connectivity index (χ4v) is 3.39. The summed E-state index contributed by atoms with van der Waals surface area (Å²) in [7, 11) is 0. The van der Waals surface area contributed by atoms with Crippen molar-refractivity contribution in [2.45, 2.75) is 13.8 Å². The highest BCUT2D eigenvalue weighted by Gasteiger charge is 2.17. The molecule has 3 heteroatoms. The summed E-state index contributed by atoms with van der Waals surface area (Å²) < 4.78 is 15.5. The average Bonchev–Trinajstić information content (AvgIpc) is 2.98. The first-order chi connectivity index (χ1) is 10.3. The van der Waals surface area contributed by atoms with Crippen LogP contribution in [0.1, 0.15) is 13.2 Å². The van der Waals surface area contributed by atoms with E-state index in [0.29, 0.717) is 0 Å². The molecule has 0 amide bonds. The van der Waals surface area contributed by atoms with Crippen molar-refractivity contribution >= 4 is 17.0 Å². The Labute approximate surface area is 121 Å². The number of anilines is 1. The molecular weight excluding hydrogens is 252 g/mol. The second kappa shape index (κ2) is 5.35. The third kappa shape index (κ3) is 2.40. The zero-order valence-electron chi connectivity index (χ0n) is 13.0. The number of piperazine rings is 1. The summed E-state index contributed by atoms with van der Waals surface area (Å²) in [5.41, 5.74) is 4.59. The molecule has 3 rings (SSSR count). The van der Waals surface area contributed by atoms with Crippen molar-refractivity contribution in [2.75, 3.05) is 31.1 Å². The molecule has 0 bridgehead atoms. The highest BCUT2D eigenvalue weighted by molar-refractivity contribution is 7.10. The molecule has 1 N–H and O–H groups in total. The SMILES string of the molecule is [2H]Cc1csc(C[2H])c1-c1ccccc1N1CCNCC1. The highest BCUT2D eigenvalue weighted by atomic mass is 32.1. The largest absolute Gasteiger partial charge is 0.368 e. The molecule has 2 heterocycles. The number of rotatable bonds is 2. The van der Waals surface area contributed by atoms with Crippen molar-refractivity contribution in [2.24, 2.45) is 0 Å². The van der Waals surface area contributed by atoms with Crippen LogP contribution in [0.2, 0.25) is 0 Å². The van der Waals surface area contributed by atoms with Gasteiger partial charge in [0, 0.05) is 50.6 Å². The van der Waals surface area contributed by atoms with E-state index in [0.717, 1.165) is 42.2 Å². The Morgan fingerprint density at radius 2 is 2.05 bits per heavy atom. The van der Waals surface area contributed by atoms with Gasteiger partial charge in [0.15, 0.2) is 0 Å². The quantitative estimate of drug-likeness (QED) is 0.902. The normalized spacial score (nSPS) is 17.2. The van der Waals surface area contributed by atoms with Crippen LogP contribution in [0.5, 0.6) is 0 Å². The Bertz CT molecular complexity index is 585. The zero-order chi connectivity index (χ0) is 14.7. The monoisotopic (exact) mass is 274 g/mol. The molecule has 0 radical (unpaired) electrons. The van der Waals surface area contributed by atoms with Gasteiger partial charge in [0.05, 0.1) is 0 Å². The standard InChI is InChI=1S/C16H20N2S/c1-12-11-19-13(2)16(12)14-5-3-4-6-15(14)18-9-7-17-8-10-18/h3-6,11,17H,7-10H2,1-2H3/i1D,2D. The minimum absolute atomic E-state index is 0.279. The minimum atomic E-state index is 0.279. The van der Waals surface area contributed by atoms with E-state index in [4.69, 9.17) is 2.74 Å². The molecule has 0 aliphatic carbocycles. The lowest BCUT2D eigenvalue weighted by atomic mass is 10.00. The molecular formula is C16H20N2S. The van der Waals surface area contributed by atoms with Gasteiger partial charge >= 0.3 is 0 Å². The summed E-state index contributed by atoms with van der Waals surface area (Å²) in [5.74, 6) is 0. The molecule has 1 aromatic carbocycles. The van der Waals surface area contributed by atoms with Crippen LogP contribution < -0.4 is 10.2 Å². The number of thiophene rings is 1. The molecule has 1 aliphatic rings. The van der Waals surface area contributed by atoms with Crippen LogP contribution in [-0.2, 0) is 0 Å². The van der Waals surface area contributed by atoms with E-state index in [1.807, 2.05) is 5.38 Å². The molecule has 1 aromatic heterocycles. The lowest BCUT2D eigenvalue weighted by Gasteiger charge is -2.31. The second-order valence-electron chi connectivity index (χ2n) is 4.81. The third-order valence-corrected chi connectivity index (χ3v) is 4.47. The van der Waals surface area contributed by atoms with Gasteiger partial charge in [-0.05, 0) is 30.8 Å². The molecule has 2 nitrogen and oxygen atoms in total. The van der Waals surface area contributed by atoms with E-state index in [2.05, 4.69) is 34.5 Å². The first-order valence-corrected chi connectivity index (χ1v) is 7.46. The fourth-order valence-electron chi connectivity index (χ4n) is 2.63. The van der Waals surface area contributed by atoms with Gasteiger partial charge in [-0.1, -0.05) is 18.2 Å². The maximum Gasteiger partial charge on any atom is 0.0447 e. The van der Waals surface area contributed by atoms with Crippen LogP contribution >= 0.6 is 11.3 Å². The van der Waals surface area contributed by atoms with E-state index in [1.165, 1.54) is 11.3 Å². The summed E-state index contributed by atoms with van der Waals surface area (Å²) in [6.45, 7) is 4.60. The van der Waals surface area contributed by atoms with E-state index in [-0.39, 0.29) is 13.8 Å². The Morgan fingerprint density at radius 1 is 1.21 bits per heavy atom. The Hall–Kier alpha value is -1.32. The topological polar surface area (TPSA) is 15.3 Å². The molecule has 2 aromatic rings. The van der Waals surface area contributed by atoms with Crippen LogP contribution in [0, 0.1) is 13.8 Å². The summed E-state index contributed by atoms with van der Waals surface area (Å²) >= 11 is 1.61. The summed E-state index contributed by atoms with van der Waals surface area (Å²) in [5, 5.41) is 5.43. The fraction of sp³-hybridized carbons (Fsp3) is 0.375. The van der Waals surface area contributed by atoms with Gasteiger partial charge < -0.3 is 10.2 Å². The van der Waals surface area contributed by atoms with Crippen molar-refractivity contribution in [1.29, 1.82) is 0 Å². The van der Waals surface area contributed by atoms with Crippen molar-refractivity contribution in [3.05, 3.63) is 40.1 Å². The molecule has 100 valence electrons. The Balaban J connectivity index is 2.08. The first-order valence-electron chi connectivity index (χ1n) is 7.99. The summed E-state index contributed by atoms with van der Waals surface area (Å²) in [4.78, 5) is 3.48. The second-order valence-corrected chi connectivity index (χ2v) is 5.78. The van der Waals surface area contributed by atoms with Crippen LogP contribution in [0.4, 0.5) is 5.69 Å². The number of nitrogens with one attached hydrogen (secondary N) is 1. The lowest BCUT2D eigenvalue weighted by Crippen LogP contribution is -2.43. The van der Waals surface area contributed by atoms with Gasteiger partial charge in [-0.2, -0.15) is 0 Å². The smallest absolute Gasteiger partial charge is 0.0447 e. The third-order valence-electron chi connectivity index (χ3n) is 3.57. The van der Waals surface area contributed by atoms with Crippen LogP contribution in [0.15, 0.2) is 29.6 Å². The van der Waals surface area contributed by atoms with E-state index in [1.54, 1.807) is 11.3 Å². The van der Waals surface area contributed by atoms with Crippen LogP contribution in [0.25, 0.3) is 11.1 Å². The van der Waals surface area contributed by atoms with Crippen LogP contribution in [0.3, 0.4) is 0 Å². The summed E-state index contributed by atoms with van der Waals surface area (Å²) in [6, 6.07) is 8.44. The van der Waals surface area contributed by atoms with Crippen molar-refractivity contribution in [1.82, 2.24) is 5.32 Å². The Kier molecular flexibility index (Phi) is 2.95. The van der Waals surface area contributed by atoms with Gasteiger partial charge in [0.1, 0.15) is 0 Å². The van der Waals surface area contributed by atoms with E-state index >= 15 is 0 Å². The van der Waals surface area contributed by atoms with Crippen molar-refractivity contribution in [3.8, 4) is 11.1 Å². The maximum atomic E-state index is 7.76. The van der Waals surface area contributed by atoms with Gasteiger partial charge in [0.25, 0.3) is 0 Å². The Morgan fingerprint density at radius 3 is 2.84 bits per heavy atom. The molecule has 0 spiro atoms. The molecule has 19 heavy (non-hydrogen) atoms. The van der Waals surface area contributed by atoms with Gasteiger partial charge in [-0.3, -0.25) is 0 Å². The maximum absolute atomic E-state index is 7.76. The molecule has 0 unspecified atom stereocenters.